The van der Waals surface area contributed by atoms with Crippen LogP contribution in [0.5, 0.6) is 0 Å². The Morgan fingerprint density at radius 3 is 1.12 bits per heavy atom. The maximum absolute atomic E-state index is 4.45. The fraction of sp³-hybridized carbons (Fsp3) is 0. The van der Waals surface area contributed by atoms with Gasteiger partial charge in [0.25, 0.3) is 0 Å². The lowest BCUT2D eigenvalue weighted by molar-refractivity contribution is 1.41. The van der Waals surface area contributed by atoms with Crippen LogP contribution in [0.2, 0.25) is 0 Å². The second kappa shape index (κ2) is 9.53. The summed E-state index contributed by atoms with van der Waals surface area (Å²) in [6, 6.07) is 40.0. The Kier molecular flexibility index (Phi) is 5.54. The molecule has 0 amide bonds. The zero-order valence-corrected chi connectivity index (χ0v) is 23.0. The SMILES string of the molecule is c1ccc2c(c1)c1cc(-c3ccc(-c4cscn4)cc3)ccc1c1ccc(-c3ccc(-c4cscn4)cc3)cc21. The van der Waals surface area contributed by atoms with E-state index in [1.54, 1.807) is 22.7 Å². The highest BCUT2D eigenvalue weighted by molar-refractivity contribution is 7.08. The van der Waals surface area contributed by atoms with Gasteiger partial charge in [0.1, 0.15) is 0 Å². The predicted molar refractivity (Wildman–Crippen MR) is 172 cm³/mol. The van der Waals surface area contributed by atoms with Crippen molar-refractivity contribution < 1.29 is 0 Å². The molecule has 0 saturated heterocycles. The summed E-state index contributed by atoms with van der Waals surface area (Å²) in [6.07, 6.45) is 0. The molecule has 0 aliphatic carbocycles. The first-order chi connectivity index (χ1) is 19.8. The van der Waals surface area contributed by atoms with Crippen LogP contribution in [0.1, 0.15) is 0 Å². The van der Waals surface area contributed by atoms with E-state index < -0.39 is 0 Å². The van der Waals surface area contributed by atoms with E-state index in [1.807, 2.05) is 11.0 Å². The molecule has 188 valence electrons. The zero-order valence-electron chi connectivity index (χ0n) is 21.4. The average molecular weight is 547 g/mol. The molecule has 40 heavy (non-hydrogen) atoms. The number of hydrogen-bond acceptors (Lipinski definition) is 4. The third kappa shape index (κ3) is 3.92. The van der Waals surface area contributed by atoms with E-state index in [0.717, 1.165) is 22.5 Å². The van der Waals surface area contributed by atoms with Gasteiger partial charge in [0, 0.05) is 21.9 Å². The van der Waals surface area contributed by atoms with E-state index >= 15 is 0 Å². The Bertz CT molecular complexity index is 1950. The normalized spacial score (nSPS) is 11.5. The quantitative estimate of drug-likeness (QED) is 0.205. The monoisotopic (exact) mass is 546 g/mol. The highest BCUT2D eigenvalue weighted by Crippen LogP contribution is 2.39. The van der Waals surface area contributed by atoms with Crippen LogP contribution in [-0.4, -0.2) is 9.97 Å². The third-order valence-electron chi connectivity index (χ3n) is 7.73. The standard InChI is InChI=1S/C36H22N2S2/c1-2-4-30-29(3-1)33-17-27(23-5-9-25(10-6-23)35-19-39-21-37-35)13-15-31(33)32-16-14-28(18-34(30)32)24-7-11-26(12-8-24)36-20-40-22-38-36/h1-22H. The molecular weight excluding hydrogens is 525 g/mol. The van der Waals surface area contributed by atoms with Gasteiger partial charge in [0.15, 0.2) is 0 Å². The van der Waals surface area contributed by atoms with Crippen molar-refractivity contribution in [2.75, 3.05) is 0 Å². The van der Waals surface area contributed by atoms with Crippen molar-refractivity contribution in [3.05, 3.63) is 131 Å². The lowest BCUT2D eigenvalue weighted by Crippen LogP contribution is -1.87. The van der Waals surface area contributed by atoms with E-state index in [4.69, 9.17) is 0 Å². The second-order valence-corrected chi connectivity index (χ2v) is 11.4. The van der Waals surface area contributed by atoms with Gasteiger partial charge in [0.05, 0.1) is 22.4 Å². The van der Waals surface area contributed by atoms with Crippen molar-refractivity contribution in [2.24, 2.45) is 0 Å². The number of fused-ring (bicyclic) bond motifs is 6. The van der Waals surface area contributed by atoms with Crippen molar-refractivity contribution in [2.45, 2.75) is 0 Å². The van der Waals surface area contributed by atoms with Gasteiger partial charge in [-0.1, -0.05) is 97.1 Å². The predicted octanol–water partition coefficient (Wildman–Crippen LogP) is 10.7. The molecule has 2 aromatic heterocycles. The Balaban J connectivity index is 1.25. The largest absolute Gasteiger partial charge is 0.245 e. The first-order valence-corrected chi connectivity index (χ1v) is 15.1. The molecule has 0 N–H and O–H groups in total. The highest BCUT2D eigenvalue weighted by Gasteiger charge is 2.12. The molecule has 0 spiro atoms. The summed E-state index contributed by atoms with van der Waals surface area (Å²) in [5, 5.41) is 11.9. The van der Waals surface area contributed by atoms with Gasteiger partial charge in [-0.2, -0.15) is 0 Å². The minimum absolute atomic E-state index is 1.03. The van der Waals surface area contributed by atoms with E-state index in [2.05, 4.69) is 130 Å². The Labute approximate surface area is 239 Å². The van der Waals surface area contributed by atoms with Gasteiger partial charge in [-0.15, -0.1) is 22.7 Å². The van der Waals surface area contributed by atoms with Crippen molar-refractivity contribution in [3.63, 3.8) is 0 Å². The zero-order chi connectivity index (χ0) is 26.5. The van der Waals surface area contributed by atoms with Crippen molar-refractivity contribution in [1.29, 1.82) is 0 Å². The number of thiazole rings is 2. The summed E-state index contributed by atoms with van der Waals surface area (Å²) >= 11 is 3.25. The van der Waals surface area contributed by atoms with Crippen LogP contribution in [0, 0.1) is 0 Å². The molecule has 2 nitrogen and oxygen atoms in total. The molecule has 0 fully saturated rings. The fourth-order valence-electron chi connectivity index (χ4n) is 5.69. The van der Waals surface area contributed by atoms with Crippen LogP contribution in [0.4, 0.5) is 0 Å². The summed E-state index contributed by atoms with van der Waals surface area (Å²) in [5.74, 6) is 0. The molecule has 0 unspecified atom stereocenters. The number of benzene rings is 6. The molecule has 2 heterocycles. The highest BCUT2D eigenvalue weighted by atomic mass is 32.1. The lowest BCUT2D eigenvalue weighted by Gasteiger charge is -2.14. The smallest absolute Gasteiger partial charge is 0.0811 e. The third-order valence-corrected chi connectivity index (χ3v) is 8.90. The second-order valence-electron chi connectivity index (χ2n) is 9.97. The van der Waals surface area contributed by atoms with Crippen LogP contribution < -0.4 is 0 Å². The molecule has 0 saturated carbocycles. The van der Waals surface area contributed by atoms with Gasteiger partial charge in [-0.05, 0) is 66.7 Å². The van der Waals surface area contributed by atoms with Crippen molar-refractivity contribution in [1.82, 2.24) is 9.97 Å². The van der Waals surface area contributed by atoms with Gasteiger partial charge in [-0.3, -0.25) is 0 Å². The minimum Gasteiger partial charge on any atom is -0.245 e. The first-order valence-electron chi connectivity index (χ1n) is 13.2. The molecule has 0 bridgehead atoms. The van der Waals surface area contributed by atoms with Gasteiger partial charge in [0.2, 0.25) is 0 Å². The van der Waals surface area contributed by atoms with Crippen LogP contribution >= 0.6 is 22.7 Å². The molecule has 0 radical (unpaired) electrons. The van der Waals surface area contributed by atoms with Gasteiger partial charge < -0.3 is 0 Å². The Morgan fingerprint density at radius 1 is 0.350 bits per heavy atom. The van der Waals surface area contributed by atoms with E-state index in [-0.39, 0.29) is 0 Å². The summed E-state index contributed by atoms with van der Waals surface area (Å²) in [5.41, 5.74) is 13.0. The molecule has 0 atom stereocenters. The van der Waals surface area contributed by atoms with Crippen LogP contribution in [0.15, 0.2) is 131 Å². The van der Waals surface area contributed by atoms with Crippen LogP contribution in [-0.2, 0) is 0 Å². The average Bonchev–Trinajstić information content (AvgIpc) is 3.77. The van der Waals surface area contributed by atoms with E-state index in [9.17, 15) is 0 Å². The summed E-state index contributed by atoms with van der Waals surface area (Å²) < 4.78 is 0. The van der Waals surface area contributed by atoms with Crippen LogP contribution in [0.3, 0.4) is 0 Å². The first kappa shape index (κ1) is 23.3. The van der Waals surface area contributed by atoms with E-state index in [1.165, 1.54) is 54.6 Å². The molecule has 4 heteroatoms. The molecule has 0 aliphatic rings. The maximum atomic E-state index is 4.45. The maximum Gasteiger partial charge on any atom is 0.0811 e. The number of nitrogens with zero attached hydrogens (tertiary/aromatic N) is 2. The molecule has 0 aliphatic heterocycles. The molecule has 8 aromatic rings. The van der Waals surface area contributed by atoms with Crippen LogP contribution in [0.25, 0.3) is 77.1 Å². The van der Waals surface area contributed by atoms with E-state index in [0.29, 0.717) is 0 Å². The summed E-state index contributed by atoms with van der Waals surface area (Å²) in [7, 11) is 0. The Morgan fingerprint density at radius 2 is 0.725 bits per heavy atom. The van der Waals surface area contributed by atoms with Gasteiger partial charge >= 0.3 is 0 Å². The number of hydrogen-bond donors (Lipinski definition) is 0. The van der Waals surface area contributed by atoms with Gasteiger partial charge in [-0.25, -0.2) is 9.97 Å². The minimum atomic E-state index is 1.03. The number of rotatable bonds is 4. The lowest BCUT2D eigenvalue weighted by atomic mass is 9.90. The molecule has 6 aromatic carbocycles. The fourth-order valence-corrected chi connectivity index (χ4v) is 6.82. The molecular formula is C36H22N2S2. The summed E-state index contributed by atoms with van der Waals surface area (Å²) in [4.78, 5) is 8.90. The number of aromatic nitrogens is 2. The van der Waals surface area contributed by atoms with Crippen molar-refractivity contribution >= 4 is 55.0 Å². The Hall–Kier alpha value is -4.64. The topological polar surface area (TPSA) is 25.8 Å². The summed E-state index contributed by atoms with van der Waals surface area (Å²) in [6.45, 7) is 0. The van der Waals surface area contributed by atoms with Crippen molar-refractivity contribution in [3.8, 4) is 44.8 Å². The molecule has 8 rings (SSSR count).